The first-order valence-electron chi connectivity index (χ1n) is 18.1. The van der Waals surface area contributed by atoms with E-state index in [1.165, 1.54) is 47.3 Å². The standard InChI is InChI=1S/C30H30NSe.C15H28O2.Ir/c1-29(2,3)18-19-11-12-23-24-13-14-31-27(28(24)32-26(23)15-19)21-16-20-9-7-8-10-22(20)25(17-21)30(4,5)6;1-7-14(5,8-2)12(16)11-13(17)15(6,9-3)10-4;/h7-15,17H,18H2,1-6H3;11,16H,7-10H2,1-6H3;/q-1;;/b;12-11-;. The van der Waals surface area contributed by atoms with E-state index >= 15 is 0 Å². The van der Waals surface area contributed by atoms with Gasteiger partial charge in [-0.15, -0.1) is 0 Å². The van der Waals surface area contributed by atoms with Gasteiger partial charge >= 0.3 is 198 Å². The number of ketones is 1. The normalized spacial score (nSPS) is 12.9. The largest absolute Gasteiger partial charge is 0.512 e. The molecule has 0 amide bonds. The Labute approximate surface area is 321 Å². The molecule has 0 aliphatic heterocycles. The molecule has 5 heteroatoms. The number of carbonyl (C=O) groups excluding carboxylic acids is 1. The van der Waals surface area contributed by atoms with E-state index in [9.17, 15) is 9.90 Å². The summed E-state index contributed by atoms with van der Waals surface area (Å²) in [6, 6.07) is 23.9. The van der Waals surface area contributed by atoms with Crippen LogP contribution >= 0.6 is 0 Å². The van der Waals surface area contributed by atoms with Gasteiger partial charge in [-0.2, -0.15) is 0 Å². The molecule has 0 aliphatic carbocycles. The molecule has 3 nitrogen and oxygen atoms in total. The van der Waals surface area contributed by atoms with Gasteiger partial charge in [0, 0.05) is 37.0 Å². The molecule has 0 bridgehead atoms. The zero-order valence-electron chi connectivity index (χ0n) is 32.4. The van der Waals surface area contributed by atoms with Crippen LogP contribution in [0.15, 0.2) is 72.6 Å². The van der Waals surface area contributed by atoms with Crippen molar-refractivity contribution in [2.75, 3.05) is 0 Å². The van der Waals surface area contributed by atoms with E-state index in [4.69, 9.17) is 4.98 Å². The van der Waals surface area contributed by atoms with Gasteiger partial charge in [-0.05, 0) is 25.7 Å². The van der Waals surface area contributed by atoms with Crippen LogP contribution < -0.4 is 0 Å². The van der Waals surface area contributed by atoms with Crippen LogP contribution in [0.25, 0.3) is 41.3 Å². The Morgan fingerprint density at radius 2 is 1.42 bits per heavy atom. The Morgan fingerprint density at radius 1 is 0.800 bits per heavy atom. The van der Waals surface area contributed by atoms with Gasteiger partial charge in [0.15, 0.2) is 5.78 Å². The number of nitrogens with zero attached hydrogens (tertiary/aromatic N) is 1. The molecule has 0 saturated heterocycles. The third-order valence-electron chi connectivity index (χ3n) is 10.6. The summed E-state index contributed by atoms with van der Waals surface area (Å²) in [5, 5.41) is 15.3. The van der Waals surface area contributed by atoms with Gasteiger partial charge < -0.3 is 5.11 Å². The molecule has 0 unspecified atom stereocenters. The summed E-state index contributed by atoms with van der Waals surface area (Å²) in [5.74, 6) is 0.286. The van der Waals surface area contributed by atoms with Crippen molar-refractivity contribution in [1.29, 1.82) is 0 Å². The van der Waals surface area contributed by atoms with Gasteiger partial charge in [-0.25, -0.2) is 0 Å². The maximum Gasteiger partial charge on any atom is 0.164 e. The first-order chi connectivity index (χ1) is 22.9. The Hall–Kier alpha value is -2.55. The summed E-state index contributed by atoms with van der Waals surface area (Å²) in [6.45, 7) is 25.9. The van der Waals surface area contributed by atoms with Crippen molar-refractivity contribution in [3.63, 3.8) is 0 Å². The zero-order chi connectivity index (χ0) is 36.4. The minimum absolute atomic E-state index is 0. The number of aromatic nitrogens is 1. The SMILES string of the molecule is CC(C)(C)Cc1ccc2c(c1)[se]c1c(-c3[c-]c4ccccc4c(C(C)(C)C)c3)nccc12.CCC(C)(CC)C(=O)/C=C(\O)C(C)(CC)CC.[Ir]. The Bertz CT molecular complexity index is 1960. The Morgan fingerprint density at radius 3 is 2.00 bits per heavy atom. The summed E-state index contributed by atoms with van der Waals surface area (Å²) in [6.07, 6.45) is 7.83. The molecule has 1 radical (unpaired) electrons. The summed E-state index contributed by atoms with van der Waals surface area (Å²) >= 11 is 0.254. The average molecular weight is 916 g/mol. The van der Waals surface area contributed by atoms with E-state index in [1.807, 2.05) is 47.7 Å². The predicted octanol–water partition coefficient (Wildman–Crippen LogP) is 12.6. The van der Waals surface area contributed by atoms with Crippen LogP contribution in [0.5, 0.6) is 0 Å². The van der Waals surface area contributed by atoms with E-state index in [2.05, 4.69) is 102 Å². The summed E-state index contributed by atoms with van der Waals surface area (Å²) in [7, 11) is 0. The molecule has 0 atom stereocenters. The minimum Gasteiger partial charge on any atom is -0.512 e. The molecule has 2 aromatic heterocycles. The van der Waals surface area contributed by atoms with Crippen molar-refractivity contribution < 1.29 is 30.0 Å². The molecule has 5 rings (SSSR count). The second-order valence-electron chi connectivity index (χ2n) is 16.5. The van der Waals surface area contributed by atoms with Crippen LogP contribution in [0.2, 0.25) is 0 Å². The van der Waals surface area contributed by atoms with Crippen molar-refractivity contribution in [2.45, 2.75) is 121 Å². The van der Waals surface area contributed by atoms with E-state index in [1.54, 1.807) is 0 Å². The van der Waals surface area contributed by atoms with Crippen molar-refractivity contribution in [3.8, 4) is 11.3 Å². The fourth-order valence-electron chi connectivity index (χ4n) is 6.32. The number of pyridine rings is 1. The molecular weight excluding hydrogens is 858 g/mol. The minimum atomic E-state index is -0.337. The number of aliphatic hydroxyl groups is 1. The molecule has 0 saturated carbocycles. The van der Waals surface area contributed by atoms with Crippen LogP contribution in [-0.2, 0) is 36.7 Å². The molecular formula is C45H58IrNO2Se-. The zero-order valence-corrected chi connectivity index (χ0v) is 36.5. The molecule has 1 N–H and O–H groups in total. The van der Waals surface area contributed by atoms with Gasteiger partial charge in [0.05, 0.1) is 0 Å². The molecule has 5 aromatic rings. The van der Waals surface area contributed by atoms with Gasteiger partial charge in [-0.1, -0.05) is 41.5 Å². The number of hydrogen-bond donors (Lipinski definition) is 1. The van der Waals surface area contributed by atoms with Crippen LogP contribution in [0, 0.1) is 22.3 Å². The van der Waals surface area contributed by atoms with Gasteiger partial charge in [-0.3, -0.25) is 4.79 Å². The van der Waals surface area contributed by atoms with Gasteiger partial charge in [0.1, 0.15) is 5.76 Å². The number of carbonyl (C=O) groups is 1. The summed E-state index contributed by atoms with van der Waals surface area (Å²) in [4.78, 5) is 17.1. The van der Waals surface area contributed by atoms with Crippen molar-refractivity contribution in [3.05, 3.63) is 89.8 Å². The number of aliphatic hydroxyl groups excluding tert-OH is 1. The number of fused-ring (bicyclic) bond motifs is 4. The third kappa shape index (κ3) is 9.26. The fraction of sp³-hybridized carbons (Fsp3) is 0.467. The van der Waals surface area contributed by atoms with Gasteiger partial charge in [0.2, 0.25) is 0 Å². The van der Waals surface area contributed by atoms with Crippen LogP contribution in [0.1, 0.15) is 120 Å². The van der Waals surface area contributed by atoms with Crippen LogP contribution in [-0.4, -0.2) is 30.4 Å². The molecule has 0 aliphatic rings. The average Bonchev–Trinajstić information content (AvgIpc) is 3.44. The molecule has 271 valence electrons. The van der Waals surface area contributed by atoms with E-state index in [0.717, 1.165) is 43.4 Å². The van der Waals surface area contributed by atoms with Crippen LogP contribution in [0.4, 0.5) is 0 Å². The molecule has 3 aromatic carbocycles. The van der Waals surface area contributed by atoms with E-state index < -0.39 is 0 Å². The second kappa shape index (κ2) is 16.4. The second-order valence-corrected chi connectivity index (χ2v) is 18.7. The maximum absolute atomic E-state index is 12.2. The smallest absolute Gasteiger partial charge is 0.164 e. The maximum atomic E-state index is 12.2. The number of benzene rings is 3. The van der Waals surface area contributed by atoms with Crippen LogP contribution in [0.3, 0.4) is 0 Å². The number of hydrogen-bond acceptors (Lipinski definition) is 3. The van der Waals surface area contributed by atoms with Crippen molar-refractivity contribution in [2.24, 2.45) is 16.2 Å². The first-order valence-corrected chi connectivity index (χ1v) is 19.8. The summed E-state index contributed by atoms with van der Waals surface area (Å²) in [5.41, 5.74) is 4.76. The van der Waals surface area contributed by atoms with Crippen molar-refractivity contribution >= 4 is 50.4 Å². The van der Waals surface area contributed by atoms with E-state index in [0.29, 0.717) is 5.41 Å². The van der Waals surface area contributed by atoms with Gasteiger partial charge in [0.25, 0.3) is 0 Å². The van der Waals surface area contributed by atoms with E-state index in [-0.39, 0.29) is 62.4 Å². The molecule has 0 fully saturated rings. The molecule has 2 heterocycles. The molecule has 0 spiro atoms. The first kappa shape index (κ1) is 41.9. The third-order valence-corrected chi connectivity index (χ3v) is 13.1. The monoisotopic (exact) mass is 917 g/mol. The fourth-order valence-corrected chi connectivity index (χ4v) is 8.98. The predicted molar refractivity (Wildman–Crippen MR) is 213 cm³/mol. The Balaban J connectivity index is 0.000000323. The quantitative estimate of drug-likeness (QED) is 0.0694. The summed E-state index contributed by atoms with van der Waals surface area (Å²) < 4.78 is 2.88. The Kier molecular flexibility index (Phi) is 13.7. The number of allylic oxidation sites excluding steroid dienone is 2. The number of rotatable bonds is 9. The topological polar surface area (TPSA) is 50.2 Å². The van der Waals surface area contributed by atoms with Crippen molar-refractivity contribution in [1.82, 2.24) is 4.98 Å². The molecule has 50 heavy (non-hydrogen) atoms.